The van der Waals surface area contributed by atoms with Gasteiger partial charge in [0, 0.05) is 47.7 Å². The average Bonchev–Trinajstić information content (AvgIpc) is 3.78. The van der Waals surface area contributed by atoms with Gasteiger partial charge in [0.2, 0.25) is 5.88 Å². The molecule has 2 unspecified atom stereocenters. The number of nitrogens with zero attached hydrogens (tertiary/aromatic N) is 6. The van der Waals surface area contributed by atoms with Gasteiger partial charge in [0.1, 0.15) is 23.0 Å². The lowest BCUT2D eigenvalue weighted by atomic mass is 9.63. The Hall–Kier alpha value is -3.20. The minimum atomic E-state index is -0.373. The molecule has 3 N–H and O–H groups in total. The minimum Gasteiger partial charge on any atom is -0.473 e. The topological polar surface area (TPSA) is 129 Å². The molecule has 3 aliphatic heterocycles. The molecule has 3 aromatic rings. The summed E-state index contributed by atoms with van der Waals surface area (Å²) < 4.78 is 12.9. The van der Waals surface area contributed by atoms with Crippen LogP contribution in [0, 0.1) is 11.3 Å². The van der Waals surface area contributed by atoms with E-state index in [0.717, 1.165) is 87.3 Å². The van der Waals surface area contributed by atoms with Gasteiger partial charge in [-0.3, -0.25) is 4.90 Å². The van der Waals surface area contributed by atoms with Gasteiger partial charge in [-0.25, -0.2) is 4.98 Å². The first kappa shape index (κ1) is 27.4. The fraction of sp³-hybridized carbons (Fsp3) is 0.625. The molecule has 0 aromatic carbocycles. The van der Waals surface area contributed by atoms with Gasteiger partial charge >= 0.3 is 0 Å². The van der Waals surface area contributed by atoms with Gasteiger partial charge in [-0.2, -0.15) is 10.2 Å². The number of nitriles is 1. The third-order valence-electron chi connectivity index (χ3n) is 10.7. The molecular formula is C32H40N8O2S. The van der Waals surface area contributed by atoms with E-state index in [1.165, 1.54) is 24.1 Å². The molecule has 1 spiro atoms. The molecule has 5 aliphatic rings. The van der Waals surface area contributed by atoms with Crippen molar-refractivity contribution in [3.05, 3.63) is 33.4 Å². The monoisotopic (exact) mass is 600 g/mol. The Kier molecular flexibility index (Phi) is 6.65. The van der Waals surface area contributed by atoms with Gasteiger partial charge in [0.05, 0.1) is 11.0 Å². The lowest BCUT2D eigenvalue weighted by Gasteiger charge is -2.39. The number of aromatic nitrogens is 3. The number of thiophene rings is 1. The summed E-state index contributed by atoms with van der Waals surface area (Å²) in [6, 6.07) is 5.78. The van der Waals surface area contributed by atoms with Crippen LogP contribution >= 0.6 is 11.3 Å². The maximum atomic E-state index is 10.1. The van der Waals surface area contributed by atoms with Gasteiger partial charge in [-0.1, -0.05) is 5.16 Å². The molecule has 10 nitrogen and oxygen atoms in total. The van der Waals surface area contributed by atoms with Crippen LogP contribution in [-0.4, -0.2) is 70.9 Å². The number of aryl methyl sites for hydroxylation is 1. The zero-order valence-electron chi connectivity index (χ0n) is 25.1. The molecule has 2 aliphatic carbocycles. The van der Waals surface area contributed by atoms with Crippen molar-refractivity contribution in [3.8, 4) is 23.5 Å². The van der Waals surface area contributed by atoms with Crippen molar-refractivity contribution in [1.82, 2.24) is 25.3 Å². The van der Waals surface area contributed by atoms with Crippen LogP contribution in [-0.2, 0) is 18.3 Å². The van der Waals surface area contributed by atoms with Gasteiger partial charge in [0.15, 0.2) is 17.3 Å². The Labute approximate surface area is 256 Å². The molecule has 3 saturated heterocycles. The molecule has 0 amide bonds. The number of hydrogen-bond acceptors (Lipinski definition) is 11. The summed E-state index contributed by atoms with van der Waals surface area (Å²) in [6.45, 7) is 5.10. The van der Waals surface area contributed by atoms with E-state index in [1.807, 2.05) is 6.07 Å². The third-order valence-corrected chi connectivity index (χ3v) is 11.8. The number of likely N-dealkylation sites (tertiary alicyclic amines) is 1. The maximum Gasteiger partial charge on any atom is 0.219 e. The normalized spacial score (nSPS) is 29.0. The molecule has 11 heteroatoms. The van der Waals surface area contributed by atoms with Crippen LogP contribution in [0.4, 0.5) is 10.8 Å². The maximum absolute atomic E-state index is 10.1. The average molecular weight is 601 g/mol. The predicted molar refractivity (Wildman–Crippen MR) is 166 cm³/mol. The van der Waals surface area contributed by atoms with Crippen LogP contribution in [0.5, 0.6) is 5.88 Å². The Bertz CT molecular complexity index is 1580. The zero-order chi connectivity index (χ0) is 29.3. The number of hydrogen-bond donors (Lipinski definition) is 2. The molecule has 0 saturated carbocycles. The summed E-state index contributed by atoms with van der Waals surface area (Å²) >= 11 is 1.57. The van der Waals surface area contributed by atoms with E-state index in [2.05, 4.69) is 40.3 Å². The zero-order valence-corrected chi connectivity index (χ0v) is 25.9. The fourth-order valence-electron chi connectivity index (χ4n) is 8.74. The van der Waals surface area contributed by atoms with Crippen molar-refractivity contribution in [3.63, 3.8) is 0 Å². The van der Waals surface area contributed by atoms with Crippen LogP contribution in [0.2, 0.25) is 0 Å². The van der Waals surface area contributed by atoms with E-state index in [0.29, 0.717) is 46.1 Å². The highest BCUT2D eigenvalue weighted by Crippen LogP contribution is 2.55. The van der Waals surface area contributed by atoms with Crippen molar-refractivity contribution >= 4 is 22.2 Å². The van der Waals surface area contributed by atoms with E-state index < -0.39 is 0 Å². The largest absolute Gasteiger partial charge is 0.473 e. The van der Waals surface area contributed by atoms with Gasteiger partial charge in [-0.05, 0) is 90.3 Å². The van der Waals surface area contributed by atoms with Crippen LogP contribution in [0.1, 0.15) is 85.6 Å². The van der Waals surface area contributed by atoms with E-state index in [4.69, 9.17) is 25.0 Å². The van der Waals surface area contributed by atoms with Gasteiger partial charge < -0.3 is 25.2 Å². The Morgan fingerprint density at radius 2 is 1.95 bits per heavy atom. The first-order chi connectivity index (χ1) is 20.9. The Morgan fingerprint density at radius 1 is 1.16 bits per heavy atom. The SMILES string of the molecule is C[C@H](Oc1cc(N2CC3CCC(C2)N3)nc(-c2noc3c2CCC[C@@]32CCCc3sc(N)c(C#N)c32)n1)[C@@H]1CCCN1C. The quantitative estimate of drug-likeness (QED) is 0.435. The number of fused-ring (bicyclic) bond motifs is 6. The Balaban J connectivity index is 1.21. The second-order valence-electron chi connectivity index (χ2n) is 13.3. The summed E-state index contributed by atoms with van der Waals surface area (Å²) in [5.74, 6) is 2.93. The van der Waals surface area contributed by atoms with Crippen molar-refractivity contribution in [2.75, 3.05) is 37.3 Å². The number of anilines is 2. The molecule has 6 heterocycles. The highest BCUT2D eigenvalue weighted by Gasteiger charge is 2.49. The number of piperazine rings is 1. The smallest absolute Gasteiger partial charge is 0.219 e. The van der Waals surface area contributed by atoms with Gasteiger partial charge in [0.25, 0.3) is 0 Å². The molecule has 2 bridgehead atoms. The van der Waals surface area contributed by atoms with Crippen LogP contribution in [0.15, 0.2) is 10.6 Å². The number of nitrogen functional groups attached to an aromatic ring is 1. The van der Waals surface area contributed by atoms with Crippen LogP contribution in [0.3, 0.4) is 0 Å². The lowest BCUT2D eigenvalue weighted by molar-refractivity contribution is 0.117. The summed E-state index contributed by atoms with van der Waals surface area (Å²) in [4.78, 5) is 16.1. The second kappa shape index (κ2) is 10.5. The predicted octanol–water partition coefficient (Wildman–Crippen LogP) is 4.41. The summed E-state index contributed by atoms with van der Waals surface area (Å²) in [7, 11) is 2.18. The van der Waals surface area contributed by atoms with Crippen LogP contribution < -0.4 is 20.7 Å². The van der Waals surface area contributed by atoms with Crippen LogP contribution in [0.25, 0.3) is 11.5 Å². The first-order valence-electron chi connectivity index (χ1n) is 16.0. The van der Waals surface area contributed by atoms with E-state index >= 15 is 0 Å². The molecule has 3 aromatic heterocycles. The summed E-state index contributed by atoms with van der Waals surface area (Å²) in [6.07, 6.45) is 10.4. The molecule has 226 valence electrons. The van der Waals surface area contributed by atoms with Crippen molar-refractivity contribution in [2.24, 2.45) is 0 Å². The van der Waals surface area contributed by atoms with E-state index in [-0.39, 0.29) is 11.5 Å². The lowest BCUT2D eigenvalue weighted by Crippen LogP contribution is -2.51. The second-order valence-corrected chi connectivity index (χ2v) is 14.5. The number of nitrogens with one attached hydrogen (secondary N) is 1. The molecule has 8 rings (SSSR count). The van der Waals surface area contributed by atoms with Crippen molar-refractivity contribution in [2.45, 2.75) is 101 Å². The summed E-state index contributed by atoms with van der Waals surface area (Å²) in [5, 5.41) is 19.1. The highest BCUT2D eigenvalue weighted by atomic mass is 32.1. The first-order valence-corrected chi connectivity index (χ1v) is 16.8. The van der Waals surface area contributed by atoms with E-state index in [9.17, 15) is 5.26 Å². The highest BCUT2D eigenvalue weighted by molar-refractivity contribution is 7.16. The molecule has 3 fully saturated rings. The molecule has 43 heavy (non-hydrogen) atoms. The minimum absolute atomic E-state index is 0.00547. The number of ether oxygens (including phenoxy) is 1. The number of rotatable bonds is 5. The molecule has 0 radical (unpaired) electrons. The fourth-order valence-corrected chi connectivity index (χ4v) is 9.90. The summed E-state index contributed by atoms with van der Waals surface area (Å²) in [5.41, 5.74) is 9.47. The van der Waals surface area contributed by atoms with Gasteiger partial charge in [-0.15, -0.1) is 11.3 Å². The van der Waals surface area contributed by atoms with Crippen molar-refractivity contribution in [1.29, 1.82) is 5.26 Å². The standard InChI is InChI=1S/C32H40N8O2S/c1-18(23-7-5-13-39(23)2)41-26-14-25(40-16-19-9-10-20(17-40)35-19)36-31(37-26)28-21-6-3-11-32(29(21)42-38-28)12-4-8-24-27(32)22(15-33)30(34)43-24/h14,18-20,23,35H,3-13,16-17,34H2,1-2H3/t18-,19?,20?,23-,32-/m0/s1. The molecule has 5 atom stereocenters. The molecular weight excluding hydrogens is 560 g/mol. The Morgan fingerprint density at radius 3 is 2.70 bits per heavy atom. The van der Waals surface area contributed by atoms with E-state index in [1.54, 1.807) is 11.3 Å². The number of likely N-dealkylation sites (N-methyl/N-ethyl adjacent to an activating group) is 1. The van der Waals surface area contributed by atoms with Crippen molar-refractivity contribution < 1.29 is 9.26 Å². The number of nitrogens with two attached hydrogens (primary N) is 1. The third kappa shape index (κ3) is 4.44.